The van der Waals surface area contributed by atoms with Crippen molar-refractivity contribution < 1.29 is 18.7 Å². The highest BCUT2D eigenvalue weighted by molar-refractivity contribution is 5.96. The van der Waals surface area contributed by atoms with Crippen molar-refractivity contribution in [3.8, 4) is 0 Å². The maximum absolute atomic E-state index is 13.1. The zero-order chi connectivity index (χ0) is 17.2. The van der Waals surface area contributed by atoms with Crippen molar-refractivity contribution in [3.63, 3.8) is 0 Å². The minimum Gasteiger partial charge on any atom is -0.461 e. The van der Waals surface area contributed by atoms with Gasteiger partial charge in [0.25, 0.3) is 0 Å². The Labute approximate surface area is 146 Å². The molecule has 0 radical (unpaired) electrons. The number of carbonyl (C=O) groups is 2. The van der Waals surface area contributed by atoms with Crippen LogP contribution >= 0.6 is 0 Å². The number of furan rings is 1. The van der Waals surface area contributed by atoms with E-state index in [1.54, 1.807) is 17.0 Å². The number of morpholine rings is 1. The molecule has 2 aromatic rings. The molecule has 3 heterocycles. The molecule has 0 N–H and O–H groups in total. The lowest BCUT2D eigenvalue weighted by Crippen LogP contribution is -2.54. The van der Waals surface area contributed by atoms with Crippen LogP contribution in [0, 0.1) is 0 Å². The highest BCUT2D eigenvalue weighted by Gasteiger charge is 2.35. The largest absolute Gasteiger partial charge is 0.461 e. The van der Waals surface area contributed by atoms with Crippen molar-refractivity contribution in [2.24, 2.45) is 0 Å². The molecule has 0 aliphatic carbocycles. The van der Waals surface area contributed by atoms with E-state index >= 15 is 0 Å². The van der Waals surface area contributed by atoms with Crippen LogP contribution in [0.3, 0.4) is 0 Å². The molecule has 130 valence electrons. The first-order valence-electron chi connectivity index (χ1n) is 8.54. The normalized spacial score (nSPS) is 19.8. The van der Waals surface area contributed by atoms with Gasteiger partial charge in [0.2, 0.25) is 0 Å². The van der Waals surface area contributed by atoms with Crippen molar-refractivity contribution in [2.75, 3.05) is 31.2 Å². The molecule has 0 saturated carbocycles. The number of Topliss-reactive ketones (excluding diaryl/α,β-unsaturated/α-hetero) is 1. The second kappa shape index (κ2) is 6.72. The van der Waals surface area contributed by atoms with E-state index in [4.69, 9.17) is 9.15 Å². The Balaban J connectivity index is 1.51. The number of ether oxygens (including phenoxy) is 1. The molecule has 0 spiro atoms. The van der Waals surface area contributed by atoms with Crippen LogP contribution in [0.15, 0.2) is 47.1 Å². The van der Waals surface area contributed by atoms with Crippen LogP contribution in [0.25, 0.3) is 0 Å². The van der Waals surface area contributed by atoms with Gasteiger partial charge in [-0.05, 0) is 30.2 Å². The maximum atomic E-state index is 13.1. The van der Waals surface area contributed by atoms with Gasteiger partial charge in [0.15, 0.2) is 11.5 Å². The Morgan fingerprint density at radius 2 is 2.00 bits per heavy atom. The Hall–Kier alpha value is -2.60. The average molecular weight is 340 g/mol. The fraction of sp³-hybridized carbons (Fsp3) is 0.368. The third kappa shape index (κ3) is 3.05. The summed E-state index contributed by atoms with van der Waals surface area (Å²) in [6.07, 6.45) is 2.55. The van der Waals surface area contributed by atoms with Crippen molar-refractivity contribution in [1.29, 1.82) is 0 Å². The minimum atomic E-state index is -0.272. The lowest BCUT2D eigenvalue weighted by atomic mass is 10.1. The van der Waals surface area contributed by atoms with E-state index in [0.717, 1.165) is 12.1 Å². The molecule has 1 atom stereocenters. The first-order chi connectivity index (χ1) is 12.2. The quantitative estimate of drug-likeness (QED) is 0.806. The zero-order valence-corrected chi connectivity index (χ0v) is 13.9. The van der Waals surface area contributed by atoms with Gasteiger partial charge in [0.05, 0.1) is 25.5 Å². The van der Waals surface area contributed by atoms with Crippen molar-refractivity contribution >= 4 is 17.5 Å². The molecule has 0 unspecified atom stereocenters. The van der Waals surface area contributed by atoms with E-state index in [2.05, 4.69) is 6.07 Å². The maximum Gasteiger partial charge on any atom is 0.324 e. The number of nitrogens with zero attached hydrogens (tertiary/aromatic N) is 2. The van der Waals surface area contributed by atoms with Gasteiger partial charge in [-0.25, -0.2) is 4.79 Å². The van der Waals surface area contributed by atoms with Gasteiger partial charge in [-0.2, -0.15) is 0 Å². The van der Waals surface area contributed by atoms with Gasteiger partial charge in [0.1, 0.15) is 0 Å². The lowest BCUT2D eigenvalue weighted by Gasteiger charge is -2.37. The molecule has 6 heteroatoms. The number of rotatable bonds is 3. The van der Waals surface area contributed by atoms with Gasteiger partial charge in [0, 0.05) is 25.2 Å². The van der Waals surface area contributed by atoms with Crippen LogP contribution in [0.5, 0.6) is 0 Å². The molecule has 0 bridgehead atoms. The van der Waals surface area contributed by atoms with E-state index in [1.165, 1.54) is 11.8 Å². The van der Waals surface area contributed by atoms with Gasteiger partial charge in [-0.1, -0.05) is 18.2 Å². The number of carbonyl (C=O) groups excluding carboxylic acids is 2. The molecule has 4 rings (SSSR count). The summed E-state index contributed by atoms with van der Waals surface area (Å²) in [6, 6.07) is 11.0. The van der Waals surface area contributed by atoms with Gasteiger partial charge < -0.3 is 14.1 Å². The van der Waals surface area contributed by atoms with Crippen LogP contribution in [-0.2, 0) is 11.2 Å². The van der Waals surface area contributed by atoms with Gasteiger partial charge in [-0.3, -0.25) is 9.69 Å². The van der Waals surface area contributed by atoms with Crippen LogP contribution in [0.1, 0.15) is 22.5 Å². The number of hydrogen-bond donors (Lipinski definition) is 0. The number of hydrogen-bond acceptors (Lipinski definition) is 4. The molecular formula is C19H20N2O4. The number of benzene rings is 1. The van der Waals surface area contributed by atoms with Crippen molar-refractivity contribution in [3.05, 3.63) is 54.0 Å². The predicted molar refractivity (Wildman–Crippen MR) is 91.9 cm³/mol. The fourth-order valence-corrected chi connectivity index (χ4v) is 3.52. The van der Waals surface area contributed by atoms with E-state index in [1.807, 2.05) is 23.1 Å². The molecule has 1 aromatic carbocycles. The summed E-state index contributed by atoms with van der Waals surface area (Å²) >= 11 is 0. The van der Waals surface area contributed by atoms with Crippen LogP contribution in [0.4, 0.5) is 10.5 Å². The number of anilines is 1. The second-order valence-electron chi connectivity index (χ2n) is 6.34. The lowest BCUT2D eigenvalue weighted by molar-refractivity contribution is 0.0118. The summed E-state index contributed by atoms with van der Waals surface area (Å²) < 4.78 is 10.7. The average Bonchev–Trinajstić information content (AvgIpc) is 3.31. The SMILES string of the molecule is O=C(C[C@@H]1COCCN1C(=O)N1CCc2ccccc21)c1ccco1. The molecule has 1 saturated heterocycles. The number of fused-ring (bicyclic) bond motifs is 1. The standard InChI is InChI=1S/C19H20N2O4/c22-17(18-6-3-10-25-18)12-15-13-24-11-9-20(15)19(23)21-8-7-14-4-1-2-5-16(14)21/h1-6,10,15H,7-9,11-13H2/t15-/m1/s1. The Morgan fingerprint density at radius 1 is 1.12 bits per heavy atom. The summed E-state index contributed by atoms with van der Waals surface area (Å²) in [5.41, 5.74) is 2.16. The Kier molecular flexibility index (Phi) is 4.28. The third-order valence-corrected chi connectivity index (χ3v) is 4.81. The molecule has 6 nitrogen and oxygen atoms in total. The number of urea groups is 1. The van der Waals surface area contributed by atoms with Crippen LogP contribution < -0.4 is 4.90 Å². The second-order valence-corrected chi connectivity index (χ2v) is 6.34. The minimum absolute atomic E-state index is 0.0505. The van der Waals surface area contributed by atoms with Crippen LogP contribution in [-0.4, -0.2) is 49.1 Å². The number of para-hydroxylation sites is 1. The van der Waals surface area contributed by atoms with E-state index in [0.29, 0.717) is 32.1 Å². The first-order valence-corrected chi connectivity index (χ1v) is 8.54. The van der Waals surface area contributed by atoms with Gasteiger partial charge >= 0.3 is 6.03 Å². The summed E-state index contributed by atoms with van der Waals surface area (Å²) in [5, 5.41) is 0. The highest BCUT2D eigenvalue weighted by Crippen LogP contribution is 2.29. The molecule has 1 fully saturated rings. The molecule has 1 aromatic heterocycles. The smallest absolute Gasteiger partial charge is 0.324 e. The van der Waals surface area contributed by atoms with Crippen molar-refractivity contribution in [1.82, 2.24) is 4.90 Å². The van der Waals surface area contributed by atoms with Crippen molar-refractivity contribution in [2.45, 2.75) is 18.9 Å². The summed E-state index contributed by atoms with van der Waals surface area (Å²) in [5.74, 6) is 0.213. The predicted octanol–water partition coefficient (Wildman–Crippen LogP) is 2.74. The third-order valence-electron chi connectivity index (χ3n) is 4.81. The molecule has 2 aliphatic heterocycles. The monoisotopic (exact) mass is 340 g/mol. The van der Waals surface area contributed by atoms with E-state index in [-0.39, 0.29) is 24.3 Å². The molecule has 25 heavy (non-hydrogen) atoms. The Bertz CT molecular complexity index is 771. The first kappa shape index (κ1) is 15.9. The zero-order valence-electron chi connectivity index (χ0n) is 13.9. The Morgan fingerprint density at radius 3 is 2.84 bits per heavy atom. The fourth-order valence-electron chi connectivity index (χ4n) is 3.52. The summed E-state index contributed by atoms with van der Waals surface area (Å²) in [7, 11) is 0. The molecule has 2 amide bonds. The summed E-state index contributed by atoms with van der Waals surface area (Å²) in [6.45, 7) is 2.03. The topological polar surface area (TPSA) is 63.0 Å². The summed E-state index contributed by atoms with van der Waals surface area (Å²) in [4.78, 5) is 29.0. The number of ketones is 1. The van der Waals surface area contributed by atoms with E-state index in [9.17, 15) is 9.59 Å². The van der Waals surface area contributed by atoms with Crippen LogP contribution in [0.2, 0.25) is 0 Å². The van der Waals surface area contributed by atoms with Gasteiger partial charge in [-0.15, -0.1) is 0 Å². The molecule has 2 aliphatic rings. The number of amides is 2. The van der Waals surface area contributed by atoms with E-state index < -0.39 is 0 Å². The highest BCUT2D eigenvalue weighted by atomic mass is 16.5. The molecular weight excluding hydrogens is 320 g/mol.